The van der Waals surface area contributed by atoms with Crippen LogP contribution in [0.3, 0.4) is 0 Å². The van der Waals surface area contributed by atoms with E-state index in [9.17, 15) is 24.6 Å². The number of aliphatic hydroxyl groups excluding tert-OH is 1. The Labute approximate surface area is 223 Å². The van der Waals surface area contributed by atoms with Crippen molar-refractivity contribution in [3.05, 3.63) is 12.7 Å². The Morgan fingerprint density at radius 2 is 1.92 bits per heavy atom. The number of carbonyl (C=O) groups is 3. The van der Waals surface area contributed by atoms with Crippen molar-refractivity contribution < 1.29 is 29.3 Å². The van der Waals surface area contributed by atoms with Gasteiger partial charge in [-0.15, -0.1) is 6.58 Å². The predicted molar refractivity (Wildman–Crippen MR) is 141 cm³/mol. The molecule has 7 atom stereocenters. The third kappa shape index (κ3) is 4.87. The highest BCUT2D eigenvalue weighted by Crippen LogP contribution is 2.60. The molecule has 0 aromatic carbocycles. The van der Waals surface area contributed by atoms with Crippen LogP contribution in [0.2, 0.25) is 0 Å². The zero-order valence-electron chi connectivity index (χ0n) is 22.7. The number of fused-ring (bicyclic) bond motifs is 1. The molecule has 0 radical (unpaired) electrons. The Morgan fingerprint density at radius 1 is 1.31 bits per heavy atom. The van der Waals surface area contributed by atoms with Crippen LogP contribution < -0.4 is 0 Å². The molecule has 3 aliphatic rings. The number of amides is 2. The Balaban J connectivity index is 2.17. The van der Waals surface area contributed by atoms with E-state index in [-0.39, 0.29) is 35.2 Å². The molecule has 9 heteroatoms. The minimum atomic E-state index is -1.27. The first kappa shape index (κ1) is 29.1. The third-order valence-electron chi connectivity index (χ3n) is 7.87. The standard InChI is InChI=1S/C27H43BrN2O6/c1-9-10-29(26(7,8)14-25(4,5)6)23(33)21-27-12-17(28)20(36-27)18(24(34)35)19(27)22(32)30(21)16(13-31)11-15(2)3/h9,15-21,31H,1,10-14H2,2-8H3,(H,34,35)/t16-,17?,18+,19-,20+,21+,27-/m1/s1. The van der Waals surface area contributed by atoms with Crippen LogP contribution in [-0.4, -0.2) is 85.1 Å². The topological polar surface area (TPSA) is 107 Å². The fraction of sp³-hybridized carbons (Fsp3) is 0.815. The van der Waals surface area contributed by atoms with Crippen LogP contribution in [0, 0.1) is 23.2 Å². The Hall–Kier alpha value is -1.45. The molecular weight excluding hydrogens is 528 g/mol. The van der Waals surface area contributed by atoms with E-state index < -0.39 is 53.0 Å². The number of halogens is 1. The van der Waals surface area contributed by atoms with E-state index in [2.05, 4.69) is 43.3 Å². The Bertz CT molecular complexity index is 899. The number of likely N-dealkylation sites (tertiary alicyclic amines) is 1. The number of hydrogen-bond donors (Lipinski definition) is 2. The van der Waals surface area contributed by atoms with Gasteiger partial charge in [0.25, 0.3) is 0 Å². The first-order valence-electron chi connectivity index (χ1n) is 12.9. The summed E-state index contributed by atoms with van der Waals surface area (Å²) < 4.78 is 6.40. The van der Waals surface area contributed by atoms with Crippen molar-refractivity contribution in [2.45, 2.75) is 102 Å². The number of alkyl halides is 1. The number of aliphatic carboxylic acids is 1. The van der Waals surface area contributed by atoms with Crippen molar-refractivity contribution in [3.8, 4) is 0 Å². The van der Waals surface area contributed by atoms with E-state index >= 15 is 0 Å². The van der Waals surface area contributed by atoms with Crippen molar-refractivity contribution in [2.75, 3.05) is 13.2 Å². The average Bonchev–Trinajstić information content (AvgIpc) is 3.31. The molecule has 1 spiro atoms. The number of carboxylic acids is 1. The van der Waals surface area contributed by atoms with Gasteiger partial charge in [-0.05, 0) is 44.4 Å². The van der Waals surface area contributed by atoms with Crippen LogP contribution in [0.25, 0.3) is 0 Å². The van der Waals surface area contributed by atoms with Crippen molar-refractivity contribution in [1.29, 1.82) is 0 Å². The number of aliphatic hydroxyl groups is 1. The van der Waals surface area contributed by atoms with E-state index in [0.717, 1.165) is 0 Å². The monoisotopic (exact) mass is 570 g/mol. The molecule has 0 aliphatic carbocycles. The third-order valence-corrected chi connectivity index (χ3v) is 8.71. The molecule has 1 unspecified atom stereocenters. The minimum Gasteiger partial charge on any atom is -0.481 e. The van der Waals surface area contributed by atoms with Gasteiger partial charge in [-0.1, -0.05) is 56.6 Å². The number of nitrogens with zero attached hydrogens (tertiary/aromatic N) is 2. The van der Waals surface area contributed by atoms with Crippen molar-refractivity contribution in [3.63, 3.8) is 0 Å². The van der Waals surface area contributed by atoms with Crippen molar-refractivity contribution in [1.82, 2.24) is 9.80 Å². The van der Waals surface area contributed by atoms with Crippen LogP contribution >= 0.6 is 15.9 Å². The lowest BCUT2D eigenvalue weighted by molar-refractivity contribution is -0.156. The number of carboxylic acid groups (broad SMARTS) is 1. The molecule has 0 saturated carbocycles. The molecule has 0 aromatic rings. The molecule has 2 bridgehead atoms. The zero-order valence-corrected chi connectivity index (χ0v) is 24.2. The lowest BCUT2D eigenvalue weighted by Crippen LogP contribution is -2.62. The summed E-state index contributed by atoms with van der Waals surface area (Å²) >= 11 is 3.58. The maximum Gasteiger partial charge on any atom is 0.310 e. The predicted octanol–water partition coefficient (Wildman–Crippen LogP) is 3.46. The lowest BCUT2D eigenvalue weighted by atomic mass is 9.70. The number of hydrogen-bond acceptors (Lipinski definition) is 5. The van der Waals surface area contributed by atoms with Crippen LogP contribution in [0.5, 0.6) is 0 Å². The van der Waals surface area contributed by atoms with Gasteiger partial charge in [0, 0.05) is 16.9 Å². The molecule has 0 aromatic heterocycles. The van der Waals surface area contributed by atoms with Crippen LogP contribution in [-0.2, 0) is 19.1 Å². The first-order valence-corrected chi connectivity index (χ1v) is 13.8. The van der Waals surface area contributed by atoms with Gasteiger partial charge in [0.1, 0.15) is 11.6 Å². The Kier molecular flexibility index (Phi) is 8.11. The summed E-state index contributed by atoms with van der Waals surface area (Å²) in [4.78, 5) is 43.9. The molecule has 3 saturated heterocycles. The highest BCUT2D eigenvalue weighted by Gasteiger charge is 2.77. The van der Waals surface area contributed by atoms with Gasteiger partial charge in [0.15, 0.2) is 0 Å². The summed E-state index contributed by atoms with van der Waals surface area (Å²) in [6, 6.07) is -1.65. The summed E-state index contributed by atoms with van der Waals surface area (Å²) in [5.41, 5.74) is -1.91. The molecule has 3 aliphatic heterocycles. The van der Waals surface area contributed by atoms with E-state index in [0.29, 0.717) is 19.3 Å². The van der Waals surface area contributed by atoms with E-state index in [1.165, 1.54) is 4.90 Å². The number of carbonyl (C=O) groups excluding carboxylic acids is 2. The van der Waals surface area contributed by atoms with E-state index in [1.54, 1.807) is 11.0 Å². The summed E-state index contributed by atoms with van der Waals surface area (Å²) in [6.45, 7) is 18.2. The molecule has 204 valence electrons. The van der Waals surface area contributed by atoms with Gasteiger partial charge in [-0.2, -0.15) is 0 Å². The number of ether oxygens (including phenoxy) is 1. The van der Waals surface area contributed by atoms with Gasteiger partial charge in [0.05, 0.1) is 30.6 Å². The van der Waals surface area contributed by atoms with Gasteiger partial charge >= 0.3 is 5.97 Å². The fourth-order valence-electron chi connectivity index (χ4n) is 7.15. The Morgan fingerprint density at radius 3 is 2.39 bits per heavy atom. The fourth-order valence-corrected chi connectivity index (χ4v) is 8.09. The summed E-state index contributed by atoms with van der Waals surface area (Å²) in [5.74, 6) is -3.66. The molecule has 2 amide bonds. The van der Waals surface area contributed by atoms with Gasteiger partial charge < -0.3 is 24.7 Å². The largest absolute Gasteiger partial charge is 0.481 e. The van der Waals surface area contributed by atoms with Gasteiger partial charge in [0.2, 0.25) is 11.8 Å². The van der Waals surface area contributed by atoms with Gasteiger partial charge in [-0.25, -0.2) is 0 Å². The quantitative estimate of drug-likeness (QED) is 0.307. The van der Waals surface area contributed by atoms with E-state index in [4.69, 9.17) is 4.74 Å². The summed E-state index contributed by atoms with van der Waals surface area (Å²) in [5, 5.41) is 20.5. The maximum atomic E-state index is 14.6. The van der Waals surface area contributed by atoms with Crippen LogP contribution in [0.4, 0.5) is 0 Å². The maximum absolute atomic E-state index is 14.6. The molecule has 2 N–H and O–H groups in total. The normalized spacial score (nSPS) is 32.7. The molecular formula is C27H43BrN2O6. The first-order chi connectivity index (χ1) is 16.5. The second-order valence-corrected chi connectivity index (χ2v) is 14.2. The van der Waals surface area contributed by atoms with Crippen LogP contribution in [0.15, 0.2) is 12.7 Å². The van der Waals surface area contributed by atoms with Gasteiger partial charge in [-0.3, -0.25) is 14.4 Å². The summed E-state index contributed by atoms with van der Waals surface area (Å²) in [6.07, 6.45) is 2.53. The zero-order chi connectivity index (χ0) is 27.4. The highest BCUT2D eigenvalue weighted by molar-refractivity contribution is 9.09. The number of rotatable bonds is 10. The SMILES string of the molecule is C=CCN(C(=O)[C@@H]1N([C@@H](CO)CC(C)C)C(=O)[C@H]2[C@H](C(=O)O)[C@H]3O[C@@]12CC3Br)C(C)(C)CC(C)(C)C. The van der Waals surface area contributed by atoms with Crippen molar-refractivity contribution in [2.24, 2.45) is 23.2 Å². The van der Waals surface area contributed by atoms with Crippen molar-refractivity contribution >= 4 is 33.7 Å². The van der Waals surface area contributed by atoms with E-state index in [1.807, 2.05) is 27.7 Å². The summed E-state index contributed by atoms with van der Waals surface area (Å²) in [7, 11) is 0. The smallest absolute Gasteiger partial charge is 0.310 e. The second-order valence-electron chi connectivity index (χ2n) is 13.0. The average molecular weight is 572 g/mol. The van der Waals surface area contributed by atoms with Crippen LogP contribution in [0.1, 0.15) is 67.7 Å². The molecule has 8 nitrogen and oxygen atoms in total. The molecule has 3 heterocycles. The lowest BCUT2D eigenvalue weighted by Gasteiger charge is -2.46. The molecule has 3 rings (SSSR count). The molecule has 36 heavy (non-hydrogen) atoms. The second kappa shape index (κ2) is 10.0. The highest BCUT2D eigenvalue weighted by atomic mass is 79.9. The minimum absolute atomic E-state index is 0.0713. The molecule has 3 fully saturated rings.